The van der Waals surface area contributed by atoms with Gasteiger partial charge in [-0.25, -0.2) is 4.39 Å². The molecule has 0 fully saturated rings. The molecule has 0 heterocycles. The molecule has 0 unspecified atom stereocenters. The summed E-state index contributed by atoms with van der Waals surface area (Å²) in [4.78, 5) is 18.7. The molecule has 2 aromatic carbocycles. The van der Waals surface area contributed by atoms with E-state index in [4.69, 9.17) is 4.84 Å². The molecule has 2 aromatic rings. The third-order valence-electron chi connectivity index (χ3n) is 3.61. The first kappa shape index (κ1) is 18.4. The SMILES string of the molecule is Cc1ccc(CNC(=O)CO/N=C/c2ccc(N(C)C)cc2)cc1F. The van der Waals surface area contributed by atoms with Crippen LogP contribution in [0.3, 0.4) is 0 Å². The van der Waals surface area contributed by atoms with Gasteiger partial charge >= 0.3 is 0 Å². The summed E-state index contributed by atoms with van der Waals surface area (Å²) in [7, 11) is 3.94. The van der Waals surface area contributed by atoms with Crippen molar-refractivity contribution in [2.24, 2.45) is 5.16 Å². The Balaban J connectivity index is 1.73. The van der Waals surface area contributed by atoms with E-state index in [1.807, 2.05) is 43.3 Å². The Morgan fingerprint density at radius 2 is 1.96 bits per heavy atom. The number of carbonyl (C=O) groups is 1. The molecule has 2 rings (SSSR count). The zero-order chi connectivity index (χ0) is 18.2. The van der Waals surface area contributed by atoms with Gasteiger partial charge in [0.25, 0.3) is 5.91 Å². The van der Waals surface area contributed by atoms with Gasteiger partial charge in [0.2, 0.25) is 0 Å². The highest BCUT2D eigenvalue weighted by Gasteiger charge is 2.03. The number of hydrogen-bond acceptors (Lipinski definition) is 4. The molecule has 1 N–H and O–H groups in total. The normalized spacial score (nSPS) is 10.7. The Labute approximate surface area is 147 Å². The second-order valence-corrected chi connectivity index (χ2v) is 5.85. The second-order valence-electron chi connectivity index (χ2n) is 5.85. The molecule has 0 aromatic heterocycles. The molecule has 0 aliphatic rings. The van der Waals surface area contributed by atoms with Gasteiger partial charge < -0.3 is 15.1 Å². The Morgan fingerprint density at radius 1 is 1.24 bits per heavy atom. The van der Waals surface area contributed by atoms with E-state index in [0.29, 0.717) is 11.1 Å². The van der Waals surface area contributed by atoms with Crippen molar-refractivity contribution in [2.75, 3.05) is 25.6 Å². The lowest BCUT2D eigenvalue weighted by atomic mass is 10.1. The predicted molar refractivity (Wildman–Crippen MR) is 97.3 cm³/mol. The van der Waals surface area contributed by atoms with Crippen molar-refractivity contribution in [1.29, 1.82) is 0 Å². The summed E-state index contributed by atoms with van der Waals surface area (Å²) in [6.07, 6.45) is 1.54. The monoisotopic (exact) mass is 343 g/mol. The highest BCUT2D eigenvalue weighted by atomic mass is 19.1. The van der Waals surface area contributed by atoms with E-state index in [2.05, 4.69) is 10.5 Å². The Kier molecular flexibility index (Phi) is 6.51. The molecule has 25 heavy (non-hydrogen) atoms. The van der Waals surface area contributed by atoms with Crippen LogP contribution >= 0.6 is 0 Å². The minimum absolute atomic E-state index is 0.194. The number of halogens is 1. The zero-order valence-electron chi connectivity index (χ0n) is 14.6. The molecule has 1 amide bonds. The summed E-state index contributed by atoms with van der Waals surface area (Å²) in [5.41, 5.74) is 3.23. The average molecular weight is 343 g/mol. The maximum Gasteiger partial charge on any atom is 0.261 e. The molecule has 0 spiro atoms. The molecule has 0 bridgehead atoms. The van der Waals surface area contributed by atoms with E-state index in [0.717, 1.165) is 11.3 Å². The summed E-state index contributed by atoms with van der Waals surface area (Å²) in [6, 6.07) is 12.6. The number of benzene rings is 2. The van der Waals surface area contributed by atoms with Crippen molar-refractivity contribution in [2.45, 2.75) is 13.5 Å². The topological polar surface area (TPSA) is 53.9 Å². The van der Waals surface area contributed by atoms with Gasteiger partial charge in [0.1, 0.15) is 5.82 Å². The summed E-state index contributed by atoms with van der Waals surface area (Å²) < 4.78 is 13.4. The average Bonchev–Trinajstić information content (AvgIpc) is 2.60. The Morgan fingerprint density at radius 3 is 2.60 bits per heavy atom. The van der Waals surface area contributed by atoms with Crippen LogP contribution in [-0.4, -0.2) is 32.8 Å². The minimum Gasteiger partial charge on any atom is -0.386 e. The number of nitrogens with one attached hydrogen (secondary N) is 1. The number of rotatable bonds is 7. The van der Waals surface area contributed by atoms with Crippen molar-refractivity contribution in [3.8, 4) is 0 Å². The van der Waals surface area contributed by atoms with Gasteiger partial charge in [-0.2, -0.15) is 0 Å². The van der Waals surface area contributed by atoms with Gasteiger partial charge in [-0.15, -0.1) is 0 Å². The van der Waals surface area contributed by atoms with Crippen LogP contribution in [0.5, 0.6) is 0 Å². The lowest BCUT2D eigenvalue weighted by molar-refractivity contribution is -0.125. The third kappa shape index (κ3) is 5.91. The van der Waals surface area contributed by atoms with Gasteiger partial charge in [-0.3, -0.25) is 4.79 Å². The summed E-state index contributed by atoms with van der Waals surface area (Å²) in [6.45, 7) is 1.74. The maximum atomic E-state index is 13.4. The van der Waals surface area contributed by atoms with E-state index in [-0.39, 0.29) is 24.9 Å². The van der Waals surface area contributed by atoms with Crippen LogP contribution in [0.4, 0.5) is 10.1 Å². The summed E-state index contributed by atoms with van der Waals surface area (Å²) in [5, 5.41) is 6.43. The van der Waals surface area contributed by atoms with Crippen molar-refractivity contribution in [3.05, 3.63) is 65.0 Å². The number of nitrogens with zero attached hydrogens (tertiary/aromatic N) is 2. The van der Waals surface area contributed by atoms with Gasteiger partial charge in [0.15, 0.2) is 6.61 Å². The fourth-order valence-electron chi connectivity index (χ4n) is 2.05. The Bertz CT molecular complexity index is 743. The highest BCUT2D eigenvalue weighted by Crippen LogP contribution is 2.11. The predicted octanol–water partition coefficient (Wildman–Crippen LogP) is 2.87. The van der Waals surface area contributed by atoms with E-state index in [9.17, 15) is 9.18 Å². The van der Waals surface area contributed by atoms with Crippen LogP contribution in [0.2, 0.25) is 0 Å². The largest absolute Gasteiger partial charge is 0.386 e. The molecule has 0 saturated heterocycles. The maximum absolute atomic E-state index is 13.4. The summed E-state index contributed by atoms with van der Waals surface area (Å²) >= 11 is 0. The second kappa shape index (κ2) is 8.82. The first-order chi connectivity index (χ1) is 12.0. The summed E-state index contributed by atoms with van der Waals surface area (Å²) in [5.74, 6) is -0.603. The molecule has 0 atom stereocenters. The fraction of sp³-hybridized carbons (Fsp3) is 0.263. The van der Waals surface area contributed by atoms with E-state index in [1.165, 1.54) is 6.07 Å². The van der Waals surface area contributed by atoms with Crippen molar-refractivity contribution < 1.29 is 14.0 Å². The van der Waals surface area contributed by atoms with E-state index < -0.39 is 0 Å². The van der Waals surface area contributed by atoms with Crippen LogP contribution in [0, 0.1) is 12.7 Å². The molecule has 0 aliphatic heterocycles. The fourth-order valence-corrected chi connectivity index (χ4v) is 2.05. The zero-order valence-corrected chi connectivity index (χ0v) is 14.6. The van der Waals surface area contributed by atoms with Crippen LogP contribution in [-0.2, 0) is 16.2 Å². The van der Waals surface area contributed by atoms with Gasteiger partial charge in [0.05, 0.1) is 6.21 Å². The highest BCUT2D eigenvalue weighted by molar-refractivity contribution is 5.80. The number of oxime groups is 1. The van der Waals surface area contributed by atoms with Gasteiger partial charge in [0, 0.05) is 26.3 Å². The number of aryl methyl sites for hydroxylation is 1. The van der Waals surface area contributed by atoms with Gasteiger partial charge in [-0.1, -0.05) is 29.4 Å². The van der Waals surface area contributed by atoms with Crippen molar-refractivity contribution in [3.63, 3.8) is 0 Å². The van der Waals surface area contributed by atoms with Crippen molar-refractivity contribution in [1.82, 2.24) is 5.32 Å². The molecule has 5 nitrogen and oxygen atoms in total. The van der Waals surface area contributed by atoms with Crippen LogP contribution in [0.25, 0.3) is 0 Å². The minimum atomic E-state index is -0.318. The molecule has 0 aliphatic carbocycles. The standard InChI is InChI=1S/C19H22FN3O2/c1-14-4-5-16(10-18(14)20)11-21-19(24)13-25-22-12-15-6-8-17(9-7-15)23(2)3/h4-10,12H,11,13H2,1-3H3,(H,21,24)/b22-12+. The first-order valence-electron chi connectivity index (χ1n) is 7.90. The van der Waals surface area contributed by atoms with Crippen molar-refractivity contribution >= 4 is 17.8 Å². The lowest BCUT2D eigenvalue weighted by Crippen LogP contribution is -2.26. The van der Waals surface area contributed by atoms with Crippen LogP contribution < -0.4 is 10.2 Å². The van der Waals surface area contributed by atoms with Gasteiger partial charge in [-0.05, 0) is 41.8 Å². The van der Waals surface area contributed by atoms with Crippen LogP contribution in [0.1, 0.15) is 16.7 Å². The third-order valence-corrected chi connectivity index (χ3v) is 3.61. The first-order valence-corrected chi connectivity index (χ1v) is 7.90. The number of anilines is 1. The van der Waals surface area contributed by atoms with E-state index >= 15 is 0 Å². The Hall–Kier alpha value is -2.89. The molecular formula is C19H22FN3O2. The number of carbonyl (C=O) groups excluding carboxylic acids is 1. The van der Waals surface area contributed by atoms with E-state index in [1.54, 1.807) is 25.3 Å². The number of amides is 1. The van der Waals surface area contributed by atoms with Crippen LogP contribution in [0.15, 0.2) is 47.6 Å². The number of hydrogen-bond donors (Lipinski definition) is 1. The quantitative estimate of drug-likeness (QED) is 0.621. The molecule has 132 valence electrons. The smallest absolute Gasteiger partial charge is 0.261 e. The molecular weight excluding hydrogens is 321 g/mol. The lowest BCUT2D eigenvalue weighted by Gasteiger charge is -2.11. The molecule has 0 radical (unpaired) electrons. The molecule has 6 heteroatoms. The molecule has 0 saturated carbocycles.